The predicted octanol–water partition coefficient (Wildman–Crippen LogP) is 2.75. The number of H-pyrrole nitrogens is 1. The fourth-order valence-electron chi connectivity index (χ4n) is 3.79. The molecular formula is C23H19ClN6O3. The first-order valence-corrected chi connectivity index (χ1v) is 10.6. The van der Waals surface area contributed by atoms with Gasteiger partial charge in [-0.05, 0) is 35.9 Å². The van der Waals surface area contributed by atoms with Crippen molar-refractivity contribution < 1.29 is 14.3 Å². The third kappa shape index (κ3) is 3.98. The van der Waals surface area contributed by atoms with E-state index in [-0.39, 0.29) is 18.3 Å². The number of carbonyl (C=O) groups is 2. The van der Waals surface area contributed by atoms with E-state index in [2.05, 4.69) is 25.5 Å². The number of carbonyl (C=O) groups excluding carboxylic acids is 2. The summed E-state index contributed by atoms with van der Waals surface area (Å²) in [6.45, 7) is -0.0195. The number of hydrogen-bond donors (Lipinski definition) is 2. The third-order valence-electron chi connectivity index (χ3n) is 5.45. The number of pyridine rings is 1. The molecule has 2 aromatic heterocycles. The van der Waals surface area contributed by atoms with Crippen molar-refractivity contribution in [1.82, 2.24) is 25.5 Å². The normalized spacial score (nSPS) is 15.6. The van der Waals surface area contributed by atoms with Crippen molar-refractivity contribution in [2.24, 2.45) is 0 Å². The summed E-state index contributed by atoms with van der Waals surface area (Å²) < 4.78 is 5.88. The molecule has 1 aliphatic rings. The van der Waals surface area contributed by atoms with Crippen LogP contribution in [0.15, 0.2) is 54.7 Å². The number of anilines is 1. The van der Waals surface area contributed by atoms with Gasteiger partial charge in [0.15, 0.2) is 5.82 Å². The second-order valence-corrected chi connectivity index (χ2v) is 7.99. The van der Waals surface area contributed by atoms with Gasteiger partial charge in [-0.3, -0.25) is 19.7 Å². The van der Waals surface area contributed by atoms with Gasteiger partial charge in [-0.2, -0.15) is 5.10 Å². The minimum absolute atomic E-state index is 0.00363. The van der Waals surface area contributed by atoms with E-state index in [1.807, 2.05) is 30.3 Å². The molecule has 1 atom stereocenters. The molecule has 2 aromatic carbocycles. The molecule has 9 nitrogen and oxygen atoms in total. The molecule has 2 amide bonds. The minimum atomic E-state index is -0.904. The lowest BCUT2D eigenvalue weighted by atomic mass is 10.1. The number of rotatable bonds is 4. The van der Waals surface area contributed by atoms with Crippen molar-refractivity contribution in [3.05, 3.63) is 77.0 Å². The number of nitrogens with zero attached hydrogens (tertiary/aromatic N) is 4. The Labute approximate surface area is 193 Å². The summed E-state index contributed by atoms with van der Waals surface area (Å²) in [4.78, 5) is 36.0. The Morgan fingerprint density at radius 3 is 2.94 bits per heavy atom. The highest BCUT2D eigenvalue weighted by molar-refractivity contribution is 6.31. The molecular weight excluding hydrogens is 444 g/mol. The smallest absolute Gasteiger partial charge is 0.289 e. The molecule has 166 valence electrons. The lowest BCUT2D eigenvalue weighted by molar-refractivity contribution is -0.120. The summed E-state index contributed by atoms with van der Waals surface area (Å²) in [6, 6.07) is 13.7. The van der Waals surface area contributed by atoms with Crippen LogP contribution in [0.1, 0.15) is 22.0 Å². The molecule has 0 aliphatic carbocycles. The average Bonchev–Trinajstić information content (AvgIpc) is 3.26. The largest absolute Gasteiger partial charge is 0.489 e. The zero-order valence-corrected chi connectivity index (χ0v) is 18.3. The van der Waals surface area contributed by atoms with Crippen molar-refractivity contribution in [2.45, 2.75) is 12.5 Å². The monoisotopic (exact) mass is 462 g/mol. The van der Waals surface area contributed by atoms with Crippen molar-refractivity contribution >= 4 is 40.0 Å². The van der Waals surface area contributed by atoms with Crippen LogP contribution in [0.25, 0.3) is 10.9 Å². The Kier molecular flexibility index (Phi) is 5.39. The number of aromatic amines is 1. The van der Waals surface area contributed by atoms with E-state index < -0.39 is 11.9 Å². The van der Waals surface area contributed by atoms with Crippen LogP contribution in [-0.2, 0) is 11.2 Å². The van der Waals surface area contributed by atoms with Gasteiger partial charge in [0, 0.05) is 30.1 Å². The van der Waals surface area contributed by atoms with Gasteiger partial charge < -0.3 is 15.0 Å². The maximum Gasteiger partial charge on any atom is 0.289 e. The van der Waals surface area contributed by atoms with Crippen LogP contribution < -0.4 is 15.0 Å². The standard InChI is InChI=1S/C23H19ClN6O3/c1-30-20-14-6-4-10-25-16(14)8-9-18(20)33-12-17(23(30)32)26-22(31)21-27-19(28-29-21)11-13-5-2-3-7-15(13)24/h2-10,17H,11-12H2,1H3,(H,26,31)(H,27,28,29)/t17-/m0/s1. The summed E-state index contributed by atoms with van der Waals surface area (Å²) in [7, 11) is 1.65. The van der Waals surface area contributed by atoms with Crippen LogP contribution in [0.3, 0.4) is 0 Å². The number of amides is 2. The van der Waals surface area contributed by atoms with Crippen LogP contribution in [0.5, 0.6) is 5.75 Å². The van der Waals surface area contributed by atoms with Gasteiger partial charge >= 0.3 is 0 Å². The van der Waals surface area contributed by atoms with Crippen molar-refractivity contribution in [2.75, 3.05) is 18.6 Å². The molecule has 0 fully saturated rings. The summed E-state index contributed by atoms with van der Waals surface area (Å²) in [5, 5.41) is 10.8. The molecule has 4 aromatic rings. The number of nitrogens with one attached hydrogen (secondary N) is 2. The molecule has 0 saturated heterocycles. The van der Waals surface area contributed by atoms with Crippen molar-refractivity contribution in [3.8, 4) is 5.75 Å². The highest BCUT2D eigenvalue weighted by atomic mass is 35.5. The zero-order valence-electron chi connectivity index (χ0n) is 17.6. The summed E-state index contributed by atoms with van der Waals surface area (Å²) in [6.07, 6.45) is 2.06. The highest BCUT2D eigenvalue weighted by Crippen LogP contribution is 2.37. The van der Waals surface area contributed by atoms with E-state index in [0.29, 0.717) is 28.7 Å². The molecule has 3 heterocycles. The number of aromatic nitrogens is 4. The number of benzene rings is 2. The Morgan fingerprint density at radius 1 is 1.24 bits per heavy atom. The van der Waals surface area contributed by atoms with Gasteiger partial charge in [0.1, 0.15) is 18.4 Å². The minimum Gasteiger partial charge on any atom is -0.489 e. The lowest BCUT2D eigenvalue weighted by Crippen LogP contribution is -2.49. The highest BCUT2D eigenvalue weighted by Gasteiger charge is 2.32. The molecule has 2 N–H and O–H groups in total. The third-order valence-corrected chi connectivity index (χ3v) is 5.82. The van der Waals surface area contributed by atoms with Gasteiger partial charge in [0.2, 0.25) is 5.82 Å². The van der Waals surface area contributed by atoms with Crippen molar-refractivity contribution in [3.63, 3.8) is 0 Å². The first kappa shape index (κ1) is 20.9. The second kappa shape index (κ2) is 8.51. The van der Waals surface area contributed by atoms with E-state index in [9.17, 15) is 9.59 Å². The topological polar surface area (TPSA) is 113 Å². The fourth-order valence-corrected chi connectivity index (χ4v) is 3.99. The Balaban J connectivity index is 1.33. The van der Waals surface area contributed by atoms with Gasteiger partial charge in [-0.15, -0.1) is 0 Å². The van der Waals surface area contributed by atoms with Crippen molar-refractivity contribution in [1.29, 1.82) is 0 Å². The molecule has 33 heavy (non-hydrogen) atoms. The first-order valence-electron chi connectivity index (χ1n) is 10.2. The van der Waals surface area contributed by atoms with Crippen LogP contribution in [0.4, 0.5) is 5.69 Å². The Hall–Kier alpha value is -3.98. The number of fused-ring (bicyclic) bond motifs is 3. The maximum atomic E-state index is 13.2. The lowest BCUT2D eigenvalue weighted by Gasteiger charge is -2.21. The van der Waals surface area contributed by atoms with E-state index >= 15 is 0 Å². The van der Waals surface area contributed by atoms with E-state index in [0.717, 1.165) is 16.5 Å². The molecule has 1 aliphatic heterocycles. The Bertz CT molecular complexity index is 1370. The summed E-state index contributed by atoms with van der Waals surface area (Å²) >= 11 is 6.19. The summed E-state index contributed by atoms with van der Waals surface area (Å²) in [5.74, 6) is 0.101. The molecule has 0 radical (unpaired) electrons. The quantitative estimate of drug-likeness (QED) is 0.482. The molecule has 0 spiro atoms. The molecule has 5 rings (SSSR count). The number of likely N-dealkylation sites (N-methyl/N-ethyl adjacent to an activating group) is 1. The number of ether oxygens (including phenoxy) is 1. The van der Waals surface area contributed by atoms with Gasteiger partial charge in [0.05, 0.1) is 11.2 Å². The molecule has 0 saturated carbocycles. The molecule has 10 heteroatoms. The van der Waals surface area contributed by atoms with Crippen LogP contribution in [0, 0.1) is 0 Å². The van der Waals surface area contributed by atoms with Crippen LogP contribution >= 0.6 is 11.6 Å². The average molecular weight is 463 g/mol. The molecule has 0 bridgehead atoms. The Morgan fingerprint density at radius 2 is 2.09 bits per heavy atom. The van der Waals surface area contributed by atoms with Gasteiger partial charge in [-0.25, -0.2) is 4.98 Å². The van der Waals surface area contributed by atoms with E-state index in [1.54, 1.807) is 31.4 Å². The predicted molar refractivity (Wildman–Crippen MR) is 123 cm³/mol. The van der Waals surface area contributed by atoms with Crippen LogP contribution in [-0.4, -0.2) is 51.7 Å². The van der Waals surface area contributed by atoms with Crippen LogP contribution in [0.2, 0.25) is 5.02 Å². The number of halogens is 1. The SMILES string of the molecule is CN1C(=O)[C@@H](NC(=O)c2nc(Cc3ccccc3Cl)n[nH]2)COc2ccc3ncccc3c21. The molecule has 0 unspecified atom stereocenters. The fraction of sp³-hybridized carbons (Fsp3) is 0.174. The van der Waals surface area contributed by atoms with E-state index in [4.69, 9.17) is 16.3 Å². The van der Waals surface area contributed by atoms with E-state index in [1.165, 1.54) is 4.90 Å². The second-order valence-electron chi connectivity index (χ2n) is 7.59. The maximum absolute atomic E-state index is 13.2. The summed E-state index contributed by atoms with van der Waals surface area (Å²) in [5.41, 5.74) is 2.21. The number of hydrogen-bond acceptors (Lipinski definition) is 6. The first-order chi connectivity index (χ1) is 16.0. The zero-order chi connectivity index (χ0) is 22.9. The van der Waals surface area contributed by atoms with Gasteiger partial charge in [0.25, 0.3) is 11.8 Å². The van der Waals surface area contributed by atoms with Gasteiger partial charge in [-0.1, -0.05) is 29.8 Å².